The van der Waals surface area contributed by atoms with Gasteiger partial charge in [-0.3, -0.25) is 9.59 Å². The summed E-state index contributed by atoms with van der Waals surface area (Å²) in [5.74, 6) is -3.37. The molecule has 7 heteroatoms. The predicted octanol–water partition coefficient (Wildman–Crippen LogP) is 1.49. The number of ether oxygens (including phenoxy) is 1. The van der Waals surface area contributed by atoms with E-state index in [0.717, 1.165) is 5.56 Å². The SMILES string of the molecule is COC(=O)[C@]1(C)[NH2+][C@@H](c2ccc(F)cc2)[C@H]2C(=O)N(c3ccc(C)cc3)C(=O)[C@@H]21. The number of halogens is 1. The molecule has 29 heavy (non-hydrogen) atoms. The maximum absolute atomic E-state index is 13.4. The number of nitrogens with two attached hydrogens (primary N) is 1. The number of benzene rings is 2. The standard InChI is InChI=1S/C22H21FN2O4/c1-12-4-10-15(11-5-12)25-19(26)16-17(20(25)27)22(2,21(28)29-3)24-18(16)13-6-8-14(23)9-7-13/h4-11,16-18,24H,1-3H3/p+1/t16-,17+,18-,22+/m0/s1. The molecule has 2 amide bonds. The molecule has 4 rings (SSSR count). The molecule has 6 nitrogen and oxygen atoms in total. The van der Waals surface area contributed by atoms with Crippen LogP contribution in [0.15, 0.2) is 48.5 Å². The number of nitrogens with zero attached hydrogens (tertiary/aromatic N) is 1. The van der Waals surface area contributed by atoms with E-state index in [9.17, 15) is 18.8 Å². The number of rotatable bonds is 3. The molecule has 0 saturated carbocycles. The number of carbonyl (C=O) groups excluding carboxylic acids is 3. The van der Waals surface area contributed by atoms with Gasteiger partial charge in [-0.1, -0.05) is 29.8 Å². The number of methoxy groups -OCH3 is 1. The average Bonchev–Trinajstić information content (AvgIpc) is 3.17. The van der Waals surface area contributed by atoms with Crippen LogP contribution in [-0.4, -0.2) is 30.4 Å². The number of anilines is 1. The van der Waals surface area contributed by atoms with E-state index in [0.29, 0.717) is 11.3 Å². The Morgan fingerprint density at radius 3 is 2.28 bits per heavy atom. The lowest BCUT2D eigenvalue weighted by atomic mass is 9.80. The molecule has 0 bridgehead atoms. The summed E-state index contributed by atoms with van der Waals surface area (Å²) in [6, 6.07) is 12.4. The van der Waals surface area contributed by atoms with Crippen molar-refractivity contribution in [3.63, 3.8) is 0 Å². The highest BCUT2D eigenvalue weighted by molar-refractivity contribution is 6.23. The summed E-state index contributed by atoms with van der Waals surface area (Å²) in [6.45, 7) is 3.55. The van der Waals surface area contributed by atoms with Crippen molar-refractivity contribution in [2.45, 2.75) is 25.4 Å². The van der Waals surface area contributed by atoms with Crippen molar-refractivity contribution >= 4 is 23.5 Å². The fourth-order valence-corrected chi connectivity index (χ4v) is 4.62. The highest BCUT2D eigenvalue weighted by Gasteiger charge is 2.70. The van der Waals surface area contributed by atoms with Crippen molar-refractivity contribution < 1.29 is 28.8 Å². The van der Waals surface area contributed by atoms with Crippen LogP contribution in [0, 0.1) is 24.6 Å². The first kappa shape index (κ1) is 19.3. The predicted molar refractivity (Wildman–Crippen MR) is 102 cm³/mol. The lowest BCUT2D eigenvalue weighted by Crippen LogP contribution is -2.97. The van der Waals surface area contributed by atoms with E-state index in [2.05, 4.69) is 0 Å². The molecule has 2 aromatic carbocycles. The smallest absolute Gasteiger partial charge is 0.368 e. The van der Waals surface area contributed by atoms with Crippen LogP contribution >= 0.6 is 0 Å². The third-order valence-electron chi connectivity index (χ3n) is 6.08. The number of carbonyl (C=O) groups is 3. The van der Waals surface area contributed by atoms with Crippen molar-refractivity contribution in [3.05, 3.63) is 65.5 Å². The minimum Gasteiger partial charge on any atom is -0.464 e. The van der Waals surface area contributed by atoms with Crippen LogP contribution in [0.4, 0.5) is 10.1 Å². The van der Waals surface area contributed by atoms with E-state index in [-0.39, 0.29) is 5.91 Å². The van der Waals surface area contributed by atoms with Crippen LogP contribution in [0.2, 0.25) is 0 Å². The number of quaternary nitrogens is 1. The molecule has 150 valence electrons. The Morgan fingerprint density at radius 1 is 1.07 bits per heavy atom. The van der Waals surface area contributed by atoms with Crippen LogP contribution in [0.5, 0.6) is 0 Å². The Balaban J connectivity index is 1.81. The van der Waals surface area contributed by atoms with E-state index < -0.39 is 41.1 Å². The zero-order valence-corrected chi connectivity index (χ0v) is 16.4. The summed E-state index contributed by atoms with van der Waals surface area (Å²) in [7, 11) is 1.26. The van der Waals surface area contributed by atoms with Crippen LogP contribution in [-0.2, 0) is 19.1 Å². The van der Waals surface area contributed by atoms with Crippen LogP contribution in [0.25, 0.3) is 0 Å². The Bertz CT molecular complexity index is 989. The van der Waals surface area contributed by atoms with Gasteiger partial charge in [0.15, 0.2) is 0 Å². The normalized spacial score (nSPS) is 28.6. The zero-order chi connectivity index (χ0) is 20.9. The zero-order valence-electron chi connectivity index (χ0n) is 16.4. The third kappa shape index (κ3) is 2.84. The number of amides is 2. The first-order valence-electron chi connectivity index (χ1n) is 9.42. The number of hydrogen-bond donors (Lipinski definition) is 1. The van der Waals surface area contributed by atoms with Gasteiger partial charge >= 0.3 is 5.97 Å². The van der Waals surface area contributed by atoms with Crippen molar-refractivity contribution in [1.82, 2.24) is 0 Å². The second kappa shape index (κ2) is 6.77. The monoisotopic (exact) mass is 397 g/mol. The minimum absolute atomic E-state index is 0.359. The second-order valence-corrected chi connectivity index (χ2v) is 7.87. The molecule has 0 spiro atoms. The summed E-state index contributed by atoms with van der Waals surface area (Å²) in [5, 5.41) is 1.71. The van der Waals surface area contributed by atoms with Gasteiger partial charge in [-0.15, -0.1) is 0 Å². The average molecular weight is 397 g/mol. The fraction of sp³-hybridized carbons (Fsp3) is 0.318. The molecular weight excluding hydrogens is 375 g/mol. The molecule has 0 aromatic heterocycles. The summed E-state index contributed by atoms with van der Waals surface area (Å²) in [6.07, 6.45) is 0. The first-order chi connectivity index (χ1) is 13.8. The number of esters is 1. The minimum atomic E-state index is -1.26. The van der Waals surface area contributed by atoms with Gasteiger partial charge in [0.05, 0.1) is 12.8 Å². The summed E-state index contributed by atoms with van der Waals surface area (Å²) in [4.78, 5) is 40.6. The summed E-state index contributed by atoms with van der Waals surface area (Å²) >= 11 is 0. The first-order valence-corrected chi connectivity index (χ1v) is 9.42. The topological polar surface area (TPSA) is 80.3 Å². The van der Waals surface area contributed by atoms with Gasteiger partial charge in [-0.25, -0.2) is 14.1 Å². The maximum atomic E-state index is 13.4. The van der Waals surface area contributed by atoms with E-state index in [1.165, 1.54) is 24.1 Å². The third-order valence-corrected chi connectivity index (χ3v) is 6.08. The number of aryl methyl sites for hydroxylation is 1. The Labute approximate surface area is 167 Å². The molecule has 2 heterocycles. The van der Waals surface area contributed by atoms with Gasteiger partial charge in [0.1, 0.15) is 23.7 Å². The van der Waals surface area contributed by atoms with Crippen LogP contribution < -0.4 is 10.2 Å². The van der Waals surface area contributed by atoms with E-state index in [1.54, 1.807) is 36.5 Å². The van der Waals surface area contributed by atoms with Crippen molar-refractivity contribution in [3.8, 4) is 0 Å². The Kier molecular flexibility index (Phi) is 4.50. The second-order valence-electron chi connectivity index (χ2n) is 7.87. The molecule has 2 aliphatic heterocycles. The van der Waals surface area contributed by atoms with E-state index in [4.69, 9.17) is 4.74 Å². The molecular formula is C22H22FN2O4+. The van der Waals surface area contributed by atoms with Gasteiger partial charge < -0.3 is 10.1 Å². The van der Waals surface area contributed by atoms with Gasteiger partial charge in [0.2, 0.25) is 17.4 Å². The molecule has 4 atom stereocenters. The number of fused-ring (bicyclic) bond motifs is 1. The Morgan fingerprint density at radius 2 is 1.69 bits per heavy atom. The quantitative estimate of drug-likeness (QED) is 0.629. The van der Waals surface area contributed by atoms with Crippen molar-refractivity contribution in [2.24, 2.45) is 11.8 Å². The Hall–Kier alpha value is -3.06. The maximum Gasteiger partial charge on any atom is 0.368 e. The van der Waals surface area contributed by atoms with Crippen LogP contribution in [0.1, 0.15) is 24.1 Å². The van der Waals surface area contributed by atoms with Gasteiger partial charge in [0, 0.05) is 12.5 Å². The lowest BCUT2D eigenvalue weighted by molar-refractivity contribution is -0.730. The highest BCUT2D eigenvalue weighted by Crippen LogP contribution is 2.45. The molecule has 0 radical (unpaired) electrons. The molecule has 0 aliphatic carbocycles. The summed E-state index contributed by atoms with van der Waals surface area (Å²) in [5.41, 5.74) is 0.904. The molecule has 2 aliphatic rings. The van der Waals surface area contributed by atoms with Gasteiger partial charge in [-0.05, 0) is 31.2 Å². The van der Waals surface area contributed by atoms with E-state index >= 15 is 0 Å². The number of hydrogen-bond acceptors (Lipinski definition) is 4. The largest absolute Gasteiger partial charge is 0.464 e. The van der Waals surface area contributed by atoms with Crippen LogP contribution in [0.3, 0.4) is 0 Å². The molecule has 2 N–H and O–H groups in total. The highest BCUT2D eigenvalue weighted by atomic mass is 19.1. The van der Waals surface area contributed by atoms with E-state index in [1.807, 2.05) is 19.1 Å². The van der Waals surface area contributed by atoms with Crippen molar-refractivity contribution in [2.75, 3.05) is 12.0 Å². The molecule has 2 fully saturated rings. The van der Waals surface area contributed by atoms with Gasteiger partial charge in [0.25, 0.3) is 0 Å². The number of imide groups is 1. The molecule has 2 aromatic rings. The lowest BCUT2D eigenvalue weighted by Gasteiger charge is -2.25. The fourth-order valence-electron chi connectivity index (χ4n) is 4.62. The van der Waals surface area contributed by atoms with Gasteiger partial charge in [-0.2, -0.15) is 0 Å². The molecule has 2 saturated heterocycles. The van der Waals surface area contributed by atoms with Crippen molar-refractivity contribution in [1.29, 1.82) is 0 Å². The molecule has 0 unspecified atom stereocenters. The summed E-state index contributed by atoms with van der Waals surface area (Å²) < 4.78 is 18.4.